The van der Waals surface area contributed by atoms with E-state index in [1.165, 1.54) is 18.4 Å². The lowest BCUT2D eigenvalue weighted by Crippen LogP contribution is -2.51. The molecule has 0 spiro atoms. The number of carbonyl (C=O) groups excluding carboxylic acids is 1. The molecule has 216 valence electrons. The van der Waals surface area contributed by atoms with Gasteiger partial charge in [-0.3, -0.25) is 4.79 Å². The summed E-state index contributed by atoms with van der Waals surface area (Å²) < 4.78 is 19.8. The Morgan fingerprint density at radius 3 is 2.42 bits per heavy atom. The number of amides is 1. The van der Waals surface area contributed by atoms with Crippen LogP contribution in [0.5, 0.6) is 0 Å². The largest absolute Gasteiger partial charge is 0.376 e. The minimum atomic E-state index is -0.743. The SMILES string of the molecule is CC1CC(C(CC(=O)NC2CCCC2)c2ccc(Cl)cc2)CC(C)O1.CCCS(=O)N1CCNCC1CC. The zero-order chi connectivity index (χ0) is 27.5. The van der Waals surface area contributed by atoms with Crippen molar-refractivity contribution in [3.63, 3.8) is 0 Å². The molecule has 3 aliphatic rings. The van der Waals surface area contributed by atoms with Gasteiger partial charge >= 0.3 is 0 Å². The van der Waals surface area contributed by atoms with E-state index in [4.69, 9.17) is 16.3 Å². The second-order valence-electron chi connectivity index (χ2n) is 11.3. The van der Waals surface area contributed by atoms with Gasteiger partial charge in [-0.15, -0.1) is 0 Å². The molecule has 3 fully saturated rings. The highest BCUT2D eigenvalue weighted by Gasteiger charge is 2.33. The van der Waals surface area contributed by atoms with E-state index in [9.17, 15) is 9.00 Å². The Labute approximate surface area is 238 Å². The van der Waals surface area contributed by atoms with Gasteiger partial charge in [0.15, 0.2) is 0 Å². The van der Waals surface area contributed by atoms with Crippen molar-refractivity contribution < 1.29 is 13.7 Å². The molecule has 2 saturated heterocycles. The van der Waals surface area contributed by atoms with Gasteiger partial charge in [-0.05, 0) is 81.9 Å². The van der Waals surface area contributed by atoms with Crippen LogP contribution in [0.2, 0.25) is 5.02 Å². The lowest BCUT2D eigenvalue weighted by atomic mass is 9.76. The van der Waals surface area contributed by atoms with E-state index in [1.54, 1.807) is 0 Å². The molecule has 0 radical (unpaired) electrons. The van der Waals surface area contributed by atoms with Crippen LogP contribution in [0.4, 0.5) is 0 Å². The molecule has 4 rings (SSSR count). The number of ether oxygens (including phenoxy) is 1. The van der Waals surface area contributed by atoms with Crippen molar-refractivity contribution in [2.24, 2.45) is 5.92 Å². The van der Waals surface area contributed by atoms with Gasteiger partial charge in [0, 0.05) is 48.9 Å². The number of nitrogens with zero attached hydrogens (tertiary/aromatic N) is 1. The number of halogens is 1. The number of nitrogens with one attached hydrogen (secondary N) is 2. The maximum absolute atomic E-state index is 12.7. The lowest BCUT2D eigenvalue weighted by Gasteiger charge is -2.37. The van der Waals surface area contributed by atoms with Gasteiger partial charge in [0.25, 0.3) is 0 Å². The Balaban J connectivity index is 0.000000260. The van der Waals surface area contributed by atoms with E-state index >= 15 is 0 Å². The fourth-order valence-electron chi connectivity index (χ4n) is 6.26. The van der Waals surface area contributed by atoms with E-state index in [0.717, 1.165) is 68.9 Å². The molecule has 38 heavy (non-hydrogen) atoms. The third kappa shape index (κ3) is 9.88. The normalized spacial score (nSPS) is 28.2. The molecular formula is C30H50ClN3O3S. The average Bonchev–Trinajstić information content (AvgIpc) is 3.41. The summed E-state index contributed by atoms with van der Waals surface area (Å²) in [4.78, 5) is 12.7. The second kappa shape index (κ2) is 16.3. The van der Waals surface area contributed by atoms with Gasteiger partial charge in [0.2, 0.25) is 5.91 Å². The van der Waals surface area contributed by atoms with Gasteiger partial charge in [0.1, 0.15) is 0 Å². The summed E-state index contributed by atoms with van der Waals surface area (Å²) in [5, 5.41) is 7.33. The zero-order valence-electron chi connectivity index (χ0n) is 23.9. The van der Waals surface area contributed by atoms with Crippen molar-refractivity contribution in [3.8, 4) is 0 Å². The van der Waals surface area contributed by atoms with Crippen molar-refractivity contribution in [2.75, 3.05) is 25.4 Å². The molecule has 2 heterocycles. The van der Waals surface area contributed by atoms with Crippen LogP contribution < -0.4 is 10.6 Å². The predicted octanol–water partition coefficient (Wildman–Crippen LogP) is 5.82. The molecule has 2 aliphatic heterocycles. The Hall–Kier alpha value is -0.990. The number of hydrogen-bond donors (Lipinski definition) is 2. The third-order valence-electron chi connectivity index (χ3n) is 8.13. The average molecular weight is 568 g/mol. The number of piperazine rings is 1. The maximum atomic E-state index is 12.7. The van der Waals surface area contributed by atoms with Gasteiger partial charge in [-0.25, -0.2) is 8.51 Å². The topological polar surface area (TPSA) is 70.7 Å². The molecule has 2 N–H and O–H groups in total. The standard InChI is InChI=1S/C21H30ClNO2.C9H20N2OS/c1-14-11-17(12-15(2)25-14)20(16-7-9-18(22)10-8-16)13-21(24)23-19-5-3-4-6-19;1-3-7-13(12)11-6-5-10-8-9(11)4-2/h7-10,14-15,17,19-20H,3-6,11-13H2,1-2H3,(H,23,24);9-10H,3-8H2,1-2H3. The molecule has 1 aliphatic carbocycles. The van der Waals surface area contributed by atoms with Crippen LogP contribution in [0.1, 0.15) is 97.0 Å². The first-order valence-corrected chi connectivity index (χ1v) is 16.5. The molecule has 1 saturated carbocycles. The lowest BCUT2D eigenvalue weighted by molar-refractivity contribution is -0.123. The van der Waals surface area contributed by atoms with Crippen LogP contribution in [0.25, 0.3) is 0 Å². The highest BCUT2D eigenvalue weighted by Crippen LogP contribution is 2.39. The molecule has 0 bridgehead atoms. The van der Waals surface area contributed by atoms with Crippen LogP contribution in [-0.4, -0.2) is 64.1 Å². The fraction of sp³-hybridized carbons (Fsp3) is 0.767. The predicted molar refractivity (Wildman–Crippen MR) is 159 cm³/mol. The summed E-state index contributed by atoms with van der Waals surface area (Å²) in [5.74, 6) is 1.71. The molecule has 5 atom stereocenters. The second-order valence-corrected chi connectivity index (χ2v) is 13.3. The highest BCUT2D eigenvalue weighted by molar-refractivity contribution is 7.82. The molecule has 1 amide bonds. The molecule has 1 aromatic carbocycles. The smallest absolute Gasteiger partial charge is 0.220 e. The first-order chi connectivity index (χ1) is 18.3. The highest BCUT2D eigenvalue weighted by atomic mass is 35.5. The van der Waals surface area contributed by atoms with Gasteiger partial charge in [-0.2, -0.15) is 0 Å². The summed E-state index contributed by atoms with van der Waals surface area (Å²) in [6.45, 7) is 11.4. The molecule has 6 nitrogen and oxygen atoms in total. The molecule has 1 aromatic rings. The van der Waals surface area contributed by atoms with E-state index in [0.29, 0.717) is 24.4 Å². The fourth-order valence-corrected chi connectivity index (χ4v) is 7.82. The van der Waals surface area contributed by atoms with Crippen LogP contribution >= 0.6 is 11.6 Å². The maximum Gasteiger partial charge on any atom is 0.220 e. The monoisotopic (exact) mass is 567 g/mol. The Bertz CT molecular complexity index is 855. The van der Waals surface area contributed by atoms with Crippen molar-refractivity contribution >= 4 is 28.5 Å². The van der Waals surface area contributed by atoms with Crippen molar-refractivity contribution in [3.05, 3.63) is 34.9 Å². The minimum absolute atomic E-state index is 0.193. The van der Waals surface area contributed by atoms with E-state index < -0.39 is 11.0 Å². The molecule has 5 unspecified atom stereocenters. The van der Waals surface area contributed by atoms with Crippen LogP contribution in [0.15, 0.2) is 24.3 Å². The van der Waals surface area contributed by atoms with Gasteiger partial charge < -0.3 is 15.4 Å². The Kier molecular flexibility index (Phi) is 13.5. The third-order valence-corrected chi connectivity index (χ3v) is 10.1. The quantitative estimate of drug-likeness (QED) is 0.394. The van der Waals surface area contributed by atoms with Gasteiger partial charge in [0.05, 0.1) is 23.2 Å². The summed E-state index contributed by atoms with van der Waals surface area (Å²) in [6.07, 6.45) is 9.90. The Morgan fingerprint density at radius 1 is 1.16 bits per heavy atom. The van der Waals surface area contributed by atoms with E-state index in [-0.39, 0.29) is 24.0 Å². The molecule has 8 heteroatoms. The number of hydrogen-bond acceptors (Lipinski definition) is 4. The van der Waals surface area contributed by atoms with Crippen LogP contribution in [0, 0.1) is 5.92 Å². The van der Waals surface area contributed by atoms with Crippen molar-refractivity contribution in [1.29, 1.82) is 0 Å². The van der Waals surface area contributed by atoms with E-state index in [1.807, 2.05) is 12.1 Å². The number of rotatable bonds is 9. The number of benzene rings is 1. The summed E-state index contributed by atoms with van der Waals surface area (Å²) >= 11 is 6.07. The summed E-state index contributed by atoms with van der Waals surface area (Å²) in [5.41, 5.74) is 1.22. The minimum Gasteiger partial charge on any atom is -0.376 e. The van der Waals surface area contributed by atoms with Gasteiger partial charge in [-0.1, -0.05) is 50.4 Å². The van der Waals surface area contributed by atoms with Crippen molar-refractivity contribution in [2.45, 2.75) is 116 Å². The first-order valence-electron chi connectivity index (χ1n) is 14.9. The first kappa shape index (κ1) is 31.5. The van der Waals surface area contributed by atoms with E-state index in [2.05, 4.69) is 54.8 Å². The van der Waals surface area contributed by atoms with Crippen LogP contribution in [-0.2, 0) is 20.5 Å². The Morgan fingerprint density at radius 2 is 1.82 bits per heavy atom. The zero-order valence-corrected chi connectivity index (χ0v) is 25.5. The molecule has 0 aromatic heterocycles. The van der Waals surface area contributed by atoms with Crippen molar-refractivity contribution in [1.82, 2.24) is 14.9 Å². The summed E-state index contributed by atoms with van der Waals surface area (Å²) in [6, 6.07) is 8.89. The molecular weight excluding hydrogens is 518 g/mol. The summed E-state index contributed by atoms with van der Waals surface area (Å²) in [7, 11) is -0.743. The van der Waals surface area contributed by atoms with Crippen LogP contribution in [0.3, 0.4) is 0 Å². The number of carbonyl (C=O) groups is 1.